The van der Waals surface area contributed by atoms with Gasteiger partial charge in [0.05, 0.1) is 47.3 Å². The number of aromatic nitrogens is 3. The summed E-state index contributed by atoms with van der Waals surface area (Å²) >= 11 is 5.58. The summed E-state index contributed by atoms with van der Waals surface area (Å²) in [4.78, 5) is 46.6. The highest BCUT2D eigenvalue weighted by Gasteiger charge is 2.12. The van der Waals surface area contributed by atoms with Gasteiger partial charge in [0.15, 0.2) is 0 Å². The van der Waals surface area contributed by atoms with E-state index in [9.17, 15) is 19.2 Å². The number of carbonyl (C=O) groups is 4. The van der Waals surface area contributed by atoms with Gasteiger partial charge in [-0.3, -0.25) is 5.32 Å². The number of hydrogen-bond acceptors (Lipinski definition) is 15. The van der Waals surface area contributed by atoms with E-state index in [0.29, 0.717) is 66.2 Å². The Morgan fingerprint density at radius 1 is 0.625 bits per heavy atom. The monoisotopic (exact) mass is 908 g/mol. The fourth-order valence-electron chi connectivity index (χ4n) is 5.13. The Kier molecular flexibility index (Phi) is 24.5. The SMILES string of the molecule is CCOC(=O)c1ccc(NC(=O)NCc2c(C)noc2C)cc1.CCOC(=O)c1ccc(NC(=O)Oc2ccccc2)cc1.Cc1noc(C)c1CCl.Cc1noc(C)c1CN.N.O. The number of nitrogens with one attached hydrogen (secondary N) is 3. The number of rotatable bonds is 11. The summed E-state index contributed by atoms with van der Waals surface area (Å²) in [6.45, 7) is 16.1. The van der Waals surface area contributed by atoms with Gasteiger partial charge < -0.3 is 55.8 Å². The molecule has 0 aliphatic carbocycles. The lowest BCUT2D eigenvalue weighted by Crippen LogP contribution is -2.28. The first kappa shape index (κ1) is 55.0. The van der Waals surface area contributed by atoms with Crippen molar-refractivity contribution in [3.05, 3.63) is 141 Å². The molecule has 0 saturated heterocycles. The van der Waals surface area contributed by atoms with Crippen molar-refractivity contribution < 1.29 is 52.4 Å². The first-order valence-electron chi connectivity index (χ1n) is 19.3. The van der Waals surface area contributed by atoms with Crippen LogP contribution in [0.15, 0.2) is 92.4 Å². The molecule has 20 heteroatoms. The number of benzene rings is 3. The molecule has 10 N–H and O–H groups in total. The summed E-state index contributed by atoms with van der Waals surface area (Å²) < 4.78 is 29.6. The van der Waals surface area contributed by atoms with E-state index in [2.05, 4.69) is 31.4 Å². The molecule has 3 aromatic heterocycles. The molecule has 0 atom stereocenters. The highest BCUT2D eigenvalue weighted by Crippen LogP contribution is 2.16. The molecule has 64 heavy (non-hydrogen) atoms. The number of halogens is 1. The summed E-state index contributed by atoms with van der Waals surface area (Å²) in [6, 6.07) is 21.3. The van der Waals surface area contributed by atoms with Crippen molar-refractivity contribution in [1.29, 1.82) is 0 Å². The van der Waals surface area contributed by atoms with E-state index in [-0.39, 0.29) is 23.6 Å². The summed E-state index contributed by atoms with van der Waals surface area (Å²) in [5.74, 6) is 2.50. The van der Waals surface area contributed by atoms with Crippen LogP contribution in [-0.2, 0) is 28.4 Å². The molecule has 6 rings (SSSR count). The number of nitrogens with two attached hydrogens (primary N) is 1. The van der Waals surface area contributed by atoms with Crippen molar-refractivity contribution in [2.45, 2.75) is 74.4 Å². The molecular weight excluding hydrogens is 852 g/mol. The predicted molar refractivity (Wildman–Crippen MR) is 241 cm³/mol. The Hall–Kier alpha value is -7.06. The first-order valence-corrected chi connectivity index (χ1v) is 19.9. The molecule has 0 aliphatic heterocycles. The molecule has 346 valence electrons. The fraction of sp³-hybridized carbons (Fsp3) is 0.295. The molecule has 0 radical (unpaired) electrons. The Balaban J connectivity index is 0.000000456. The van der Waals surface area contributed by atoms with Crippen molar-refractivity contribution in [3.8, 4) is 5.75 Å². The summed E-state index contributed by atoms with van der Waals surface area (Å²) in [7, 11) is 0. The number of carbonyl (C=O) groups excluding carboxylic acids is 4. The molecule has 3 amide bonds. The molecule has 0 spiro atoms. The normalized spacial score (nSPS) is 9.72. The maximum Gasteiger partial charge on any atom is 0.417 e. The van der Waals surface area contributed by atoms with Crippen molar-refractivity contribution >= 4 is 47.0 Å². The molecular formula is C44H57ClN8O11. The van der Waals surface area contributed by atoms with Gasteiger partial charge in [-0.2, -0.15) is 0 Å². The Labute approximate surface area is 376 Å². The lowest BCUT2D eigenvalue weighted by molar-refractivity contribution is 0.0517. The Morgan fingerprint density at radius 3 is 1.41 bits per heavy atom. The number of alkyl halides is 1. The van der Waals surface area contributed by atoms with Gasteiger partial charge in [-0.05, 0) is 116 Å². The zero-order chi connectivity index (χ0) is 45.6. The van der Waals surface area contributed by atoms with Crippen LogP contribution in [0.5, 0.6) is 5.75 Å². The standard InChI is InChI=1S/C16H19N3O4.C16H15NO4.C6H8ClNO.C6H10N2O.H3N.H2O/c1-4-22-15(20)12-5-7-13(8-6-12)18-16(21)17-9-14-10(2)19-23-11(14)3;1-2-20-15(18)12-8-10-13(11-9-12)17-16(19)21-14-6-4-3-5-7-14;2*1-4-6(3-7)5(2)9-8-4;;/h5-8H,4,9H2,1-3H3,(H2,17,18,21);3-11H,2H2,1H3,(H,17,19);3H2,1-2H3;3,7H2,1-2H3;1H3;1H2. The van der Waals surface area contributed by atoms with Gasteiger partial charge in [0.25, 0.3) is 0 Å². The minimum absolute atomic E-state index is 0. The average molecular weight is 909 g/mol. The second kappa shape index (κ2) is 28.5. The van der Waals surface area contributed by atoms with Gasteiger partial charge in [-0.25, -0.2) is 19.2 Å². The van der Waals surface area contributed by atoms with Gasteiger partial charge >= 0.3 is 24.1 Å². The lowest BCUT2D eigenvalue weighted by Gasteiger charge is -2.08. The number of anilines is 2. The van der Waals surface area contributed by atoms with E-state index in [4.69, 9.17) is 45.1 Å². The smallest absolute Gasteiger partial charge is 0.417 e. The van der Waals surface area contributed by atoms with Crippen LogP contribution in [0, 0.1) is 41.5 Å². The van der Waals surface area contributed by atoms with E-state index >= 15 is 0 Å². The van der Waals surface area contributed by atoms with Crippen molar-refractivity contribution in [1.82, 2.24) is 26.9 Å². The van der Waals surface area contributed by atoms with Crippen LogP contribution in [-0.4, -0.2) is 58.2 Å². The molecule has 0 aliphatic rings. The van der Waals surface area contributed by atoms with Gasteiger partial charge in [0.1, 0.15) is 23.0 Å². The maximum atomic E-state index is 11.9. The third-order valence-electron chi connectivity index (χ3n) is 8.56. The third-order valence-corrected chi connectivity index (χ3v) is 8.82. The Morgan fingerprint density at radius 2 is 1.05 bits per heavy atom. The summed E-state index contributed by atoms with van der Waals surface area (Å²) in [5.41, 5.74) is 12.8. The van der Waals surface area contributed by atoms with E-state index in [0.717, 1.165) is 45.3 Å². The van der Waals surface area contributed by atoms with Crippen molar-refractivity contribution in [3.63, 3.8) is 0 Å². The number of urea groups is 1. The summed E-state index contributed by atoms with van der Waals surface area (Å²) in [5, 5.41) is 19.3. The van der Waals surface area contributed by atoms with Crippen LogP contribution in [0.2, 0.25) is 0 Å². The Bertz CT molecular complexity index is 2220. The maximum absolute atomic E-state index is 11.9. The third kappa shape index (κ3) is 17.7. The molecule has 19 nitrogen and oxygen atoms in total. The molecule has 0 unspecified atom stereocenters. The van der Waals surface area contributed by atoms with Crippen LogP contribution in [0.25, 0.3) is 0 Å². The number of esters is 2. The van der Waals surface area contributed by atoms with Gasteiger partial charge in [-0.15, -0.1) is 11.6 Å². The second-order valence-electron chi connectivity index (χ2n) is 13.0. The van der Waals surface area contributed by atoms with E-state index in [1.165, 1.54) is 0 Å². The van der Waals surface area contributed by atoms with Gasteiger partial charge in [0, 0.05) is 41.2 Å². The number of ether oxygens (including phenoxy) is 3. The van der Waals surface area contributed by atoms with Crippen LogP contribution < -0.4 is 32.6 Å². The average Bonchev–Trinajstić information content (AvgIpc) is 3.89. The molecule has 0 bridgehead atoms. The largest absolute Gasteiger partial charge is 0.462 e. The molecule has 0 saturated carbocycles. The fourth-order valence-corrected chi connectivity index (χ4v) is 5.51. The van der Waals surface area contributed by atoms with Gasteiger partial charge in [0.2, 0.25) is 0 Å². The predicted octanol–water partition coefficient (Wildman–Crippen LogP) is 8.38. The number of hydrogen-bond donors (Lipinski definition) is 5. The number of nitrogens with zero attached hydrogens (tertiary/aromatic N) is 3. The molecule has 0 fully saturated rings. The lowest BCUT2D eigenvalue weighted by atomic mass is 10.2. The van der Waals surface area contributed by atoms with Crippen LogP contribution in [0.1, 0.15) is 85.6 Å². The topological polar surface area (TPSA) is 303 Å². The van der Waals surface area contributed by atoms with E-state index in [1.807, 2.05) is 40.7 Å². The highest BCUT2D eigenvalue weighted by molar-refractivity contribution is 6.17. The quantitative estimate of drug-likeness (QED) is 0.0602. The highest BCUT2D eigenvalue weighted by atomic mass is 35.5. The molecule has 3 heterocycles. The second-order valence-corrected chi connectivity index (χ2v) is 13.2. The van der Waals surface area contributed by atoms with Crippen molar-refractivity contribution in [2.75, 3.05) is 23.8 Å². The van der Waals surface area contributed by atoms with Crippen molar-refractivity contribution in [2.24, 2.45) is 5.73 Å². The van der Waals surface area contributed by atoms with Gasteiger partial charge in [-0.1, -0.05) is 33.7 Å². The van der Waals surface area contributed by atoms with Crippen LogP contribution in [0.4, 0.5) is 21.0 Å². The zero-order valence-electron chi connectivity index (χ0n) is 37.1. The number of aryl methyl sites for hydroxylation is 6. The van der Waals surface area contributed by atoms with E-state index < -0.39 is 12.1 Å². The number of amides is 3. The van der Waals surface area contributed by atoms with Crippen LogP contribution >= 0.6 is 11.6 Å². The minimum Gasteiger partial charge on any atom is -0.462 e. The van der Waals surface area contributed by atoms with E-state index in [1.54, 1.807) is 93.6 Å². The minimum atomic E-state index is -0.593. The van der Waals surface area contributed by atoms with Crippen LogP contribution in [0.3, 0.4) is 0 Å². The molecule has 3 aromatic carbocycles. The number of para-hydroxylation sites is 1. The summed E-state index contributed by atoms with van der Waals surface area (Å²) in [6.07, 6.45) is -0.593. The molecule has 6 aromatic rings. The first-order chi connectivity index (χ1) is 29.7. The zero-order valence-corrected chi connectivity index (χ0v) is 37.9.